The molecule has 0 spiro atoms. The van der Waals surface area contributed by atoms with Crippen molar-refractivity contribution in [3.8, 4) is 0 Å². The van der Waals surface area contributed by atoms with Crippen LogP contribution in [-0.2, 0) is 21.2 Å². The number of hydrogen-bond acceptors (Lipinski definition) is 4. The molecule has 0 aromatic heterocycles. The summed E-state index contributed by atoms with van der Waals surface area (Å²) in [6.45, 7) is 4.57. The van der Waals surface area contributed by atoms with Gasteiger partial charge in [-0.25, -0.2) is 12.8 Å². The third-order valence-corrected chi connectivity index (χ3v) is 5.59. The predicted molar refractivity (Wildman–Crippen MR) is 96.1 cm³/mol. The number of nitrogens with one attached hydrogen (secondary N) is 1. The van der Waals surface area contributed by atoms with Gasteiger partial charge in [-0.3, -0.25) is 4.72 Å². The van der Waals surface area contributed by atoms with E-state index in [9.17, 15) is 12.8 Å². The largest absolute Gasteiger partial charge is 0.378 e. The van der Waals surface area contributed by atoms with Crippen LogP contribution in [-0.4, -0.2) is 34.7 Å². The predicted octanol–water partition coefficient (Wildman–Crippen LogP) is 3.03. The third kappa shape index (κ3) is 4.11. The second-order valence-electron chi connectivity index (χ2n) is 5.87. The van der Waals surface area contributed by atoms with Crippen molar-refractivity contribution in [2.24, 2.45) is 0 Å². The number of halogens is 1. The molecule has 1 fully saturated rings. The van der Waals surface area contributed by atoms with Gasteiger partial charge < -0.3 is 9.64 Å². The van der Waals surface area contributed by atoms with Gasteiger partial charge in [-0.15, -0.1) is 0 Å². The van der Waals surface area contributed by atoms with Gasteiger partial charge in [0.25, 0.3) is 10.0 Å². The van der Waals surface area contributed by atoms with Crippen LogP contribution in [0.5, 0.6) is 0 Å². The molecule has 7 heteroatoms. The van der Waals surface area contributed by atoms with Crippen LogP contribution in [0.3, 0.4) is 0 Å². The Balaban J connectivity index is 1.85. The fourth-order valence-corrected chi connectivity index (χ4v) is 3.78. The maximum Gasteiger partial charge on any atom is 0.261 e. The number of hydrogen-bond donors (Lipinski definition) is 1. The van der Waals surface area contributed by atoms with Crippen molar-refractivity contribution in [2.45, 2.75) is 18.2 Å². The van der Waals surface area contributed by atoms with Crippen molar-refractivity contribution < 1.29 is 17.5 Å². The van der Waals surface area contributed by atoms with E-state index in [-0.39, 0.29) is 10.6 Å². The Morgan fingerprint density at radius 3 is 2.44 bits per heavy atom. The lowest BCUT2D eigenvalue weighted by molar-refractivity contribution is 0.122. The van der Waals surface area contributed by atoms with Gasteiger partial charge in [0.15, 0.2) is 0 Å². The van der Waals surface area contributed by atoms with E-state index in [1.165, 1.54) is 24.3 Å². The van der Waals surface area contributed by atoms with Crippen molar-refractivity contribution in [2.75, 3.05) is 35.9 Å². The number of benzene rings is 2. The first-order valence-electron chi connectivity index (χ1n) is 8.23. The number of rotatable bonds is 5. The summed E-state index contributed by atoms with van der Waals surface area (Å²) in [4.78, 5) is 2.15. The Labute approximate surface area is 147 Å². The van der Waals surface area contributed by atoms with E-state index >= 15 is 0 Å². The fraction of sp³-hybridized carbons (Fsp3) is 0.333. The van der Waals surface area contributed by atoms with Crippen LogP contribution in [0.25, 0.3) is 0 Å². The zero-order chi connectivity index (χ0) is 17.9. The molecule has 1 N–H and O–H groups in total. The molecular formula is C18H21FN2O3S. The van der Waals surface area contributed by atoms with Crippen LogP contribution < -0.4 is 9.62 Å². The minimum atomic E-state index is -3.84. The first kappa shape index (κ1) is 17.7. The van der Waals surface area contributed by atoms with E-state index in [4.69, 9.17) is 4.74 Å². The Morgan fingerprint density at radius 1 is 1.12 bits per heavy atom. The maximum atomic E-state index is 14.1. The highest BCUT2D eigenvalue weighted by atomic mass is 32.2. The maximum absolute atomic E-state index is 14.1. The normalized spacial score (nSPS) is 15.2. The molecular weight excluding hydrogens is 343 g/mol. The molecule has 2 aromatic carbocycles. The van der Waals surface area contributed by atoms with Gasteiger partial charge in [0.2, 0.25) is 0 Å². The number of nitrogens with zero attached hydrogens (tertiary/aromatic N) is 1. The molecule has 0 radical (unpaired) electrons. The first-order valence-corrected chi connectivity index (χ1v) is 9.72. The standard InChI is InChI=1S/C18H21FN2O3S/c1-2-14-3-6-16(7-4-14)25(22,23)20-18-13-15(5-8-17(18)19)21-9-11-24-12-10-21/h3-8,13,20H,2,9-12H2,1H3. The highest BCUT2D eigenvalue weighted by Crippen LogP contribution is 2.26. The lowest BCUT2D eigenvalue weighted by Gasteiger charge is -2.29. The average molecular weight is 364 g/mol. The molecule has 0 atom stereocenters. The van der Waals surface area contributed by atoms with Gasteiger partial charge in [-0.1, -0.05) is 19.1 Å². The lowest BCUT2D eigenvalue weighted by atomic mass is 10.2. The average Bonchev–Trinajstić information content (AvgIpc) is 2.64. The second-order valence-corrected chi connectivity index (χ2v) is 7.55. The topological polar surface area (TPSA) is 58.6 Å². The molecule has 1 aliphatic heterocycles. The summed E-state index contributed by atoms with van der Waals surface area (Å²) in [6.07, 6.45) is 0.823. The lowest BCUT2D eigenvalue weighted by Crippen LogP contribution is -2.36. The highest BCUT2D eigenvalue weighted by Gasteiger charge is 2.18. The molecule has 0 bridgehead atoms. The number of ether oxygens (including phenoxy) is 1. The number of anilines is 2. The summed E-state index contributed by atoms with van der Waals surface area (Å²) >= 11 is 0. The van der Waals surface area contributed by atoms with E-state index in [0.29, 0.717) is 26.3 Å². The van der Waals surface area contributed by atoms with Crippen LogP contribution in [0.2, 0.25) is 0 Å². The monoisotopic (exact) mass is 364 g/mol. The van der Waals surface area contributed by atoms with Crippen molar-refractivity contribution >= 4 is 21.4 Å². The van der Waals surface area contributed by atoms with Crippen molar-refractivity contribution in [1.82, 2.24) is 0 Å². The SMILES string of the molecule is CCc1ccc(S(=O)(=O)Nc2cc(N3CCOCC3)ccc2F)cc1. The Morgan fingerprint density at radius 2 is 1.80 bits per heavy atom. The molecule has 134 valence electrons. The Hall–Kier alpha value is -2.12. The van der Waals surface area contributed by atoms with Crippen molar-refractivity contribution in [1.29, 1.82) is 0 Å². The molecule has 5 nitrogen and oxygen atoms in total. The van der Waals surface area contributed by atoms with Gasteiger partial charge in [0, 0.05) is 18.8 Å². The van der Waals surface area contributed by atoms with Gasteiger partial charge >= 0.3 is 0 Å². The number of morpholine rings is 1. The fourth-order valence-electron chi connectivity index (χ4n) is 2.72. The second kappa shape index (κ2) is 7.41. The smallest absolute Gasteiger partial charge is 0.261 e. The zero-order valence-electron chi connectivity index (χ0n) is 14.0. The molecule has 0 amide bonds. The van der Waals surface area contributed by atoms with Gasteiger partial charge in [-0.05, 0) is 42.3 Å². The summed E-state index contributed by atoms with van der Waals surface area (Å²) in [7, 11) is -3.84. The molecule has 1 heterocycles. The minimum Gasteiger partial charge on any atom is -0.378 e. The van der Waals surface area contributed by atoms with Gasteiger partial charge in [0.05, 0.1) is 23.8 Å². The molecule has 3 rings (SSSR count). The minimum absolute atomic E-state index is 0.0523. The summed E-state index contributed by atoms with van der Waals surface area (Å²) in [5, 5.41) is 0. The Bertz CT molecular complexity index is 832. The van der Waals surface area contributed by atoms with Crippen LogP contribution in [0, 0.1) is 5.82 Å². The van der Waals surface area contributed by atoms with E-state index in [1.54, 1.807) is 18.2 Å². The molecule has 0 aliphatic carbocycles. The van der Waals surface area contributed by atoms with Crippen LogP contribution >= 0.6 is 0 Å². The molecule has 0 unspecified atom stereocenters. The van der Waals surface area contributed by atoms with Gasteiger partial charge in [0.1, 0.15) is 5.82 Å². The Kier molecular flexibility index (Phi) is 5.24. The molecule has 0 saturated carbocycles. The summed E-state index contributed by atoms with van der Waals surface area (Å²) in [6, 6.07) is 11.0. The van der Waals surface area contributed by atoms with E-state index in [1.807, 2.05) is 11.8 Å². The summed E-state index contributed by atoms with van der Waals surface area (Å²) in [5.74, 6) is -0.606. The highest BCUT2D eigenvalue weighted by molar-refractivity contribution is 7.92. The zero-order valence-corrected chi connectivity index (χ0v) is 14.9. The summed E-state index contributed by atoms with van der Waals surface area (Å²) < 4.78 is 46.9. The van der Waals surface area contributed by atoms with E-state index in [2.05, 4.69) is 4.72 Å². The van der Waals surface area contributed by atoms with E-state index in [0.717, 1.165) is 17.7 Å². The van der Waals surface area contributed by atoms with E-state index < -0.39 is 15.8 Å². The molecule has 25 heavy (non-hydrogen) atoms. The molecule has 1 saturated heterocycles. The number of sulfonamides is 1. The molecule has 2 aromatic rings. The molecule has 1 aliphatic rings. The van der Waals surface area contributed by atoms with Gasteiger partial charge in [-0.2, -0.15) is 0 Å². The van der Waals surface area contributed by atoms with Crippen LogP contribution in [0.1, 0.15) is 12.5 Å². The van der Waals surface area contributed by atoms with Crippen molar-refractivity contribution in [3.05, 3.63) is 53.8 Å². The number of aryl methyl sites for hydroxylation is 1. The third-order valence-electron chi connectivity index (χ3n) is 4.21. The van der Waals surface area contributed by atoms with Crippen LogP contribution in [0.15, 0.2) is 47.4 Å². The van der Waals surface area contributed by atoms with Crippen molar-refractivity contribution in [3.63, 3.8) is 0 Å². The first-order chi connectivity index (χ1) is 12.0. The quantitative estimate of drug-likeness (QED) is 0.886. The van der Waals surface area contributed by atoms with Crippen LogP contribution in [0.4, 0.5) is 15.8 Å². The summed E-state index contributed by atoms with van der Waals surface area (Å²) in [5.41, 5.74) is 1.76.